The van der Waals surface area contributed by atoms with Crippen molar-refractivity contribution in [1.29, 1.82) is 0 Å². The van der Waals surface area contributed by atoms with Crippen LogP contribution in [0.15, 0.2) is 0 Å². The molecule has 0 rings (SSSR count). The fourth-order valence-corrected chi connectivity index (χ4v) is 3.43. The third-order valence-electron chi connectivity index (χ3n) is 5.43. The average molecular weight is 492 g/mol. The molecular weight excluding hydrogens is 450 g/mol. The number of hydrogen-bond acceptors (Lipinski definition) is 8. The van der Waals surface area contributed by atoms with E-state index in [0.29, 0.717) is 31.6 Å². The number of amides is 3. The standard InChI is InChI=1S/C21H41N5O6S/c1-5-12(2)16(23)19(29)24-14(8-6-7-10-22)18(28)26-17(13(3)27)20(30)25-15(21(31)32)9-11-33-4/h12-17,27H,5-11,22-23H2,1-4H3,(H,24,29)(H,25,30)(H,26,28)(H,31,32). The van der Waals surface area contributed by atoms with Crippen molar-refractivity contribution in [1.82, 2.24) is 16.0 Å². The van der Waals surface area contributed by atoms with Crippen molar-refractivity contribution in [2.75, 3.05) is 18.6 Å². The predicted molar refractivity (Wildman–Crippen MR) is 128 cm³/mol. The number of rotatable bonds is 17. The molecule has 0 aliphatic carbocycles. The number of carbonyl (C=O) groups excluding carboxylic acids is 3. The number of carbonyl (C=O) groups is 4. The van der Waals surface area contributed by atoms with E-state index in [1.165, 1.54) is 18.7 Å². The molecule has 0 heterocycles. The van der Waals surface area contributed by atoms with Crippen LogP contribution >= 0.6 is 11.8 Å². The van der Waals surface area contributed by atoms with E-state index in [1.807, 2.05) is 20.1 Å². The smallest absolute Gasteiger partial charge is 0.326 e. The summed E-state index contributed by atoms with van der Waals surface area (Å²) in [6, 6.07) is -4.34. The predicted octanol–water partition coefficient (Wildman–Crippen LogP) is -0.838. The zero-order valence-corrected chi connectivity index (χ0v) is 20.8. The van der Waals surface area contributed by atoms with Crippen LogP contribution < -0.4 is 27.4 Å². The lowest BCUT2D eigenvalue weighted by molar-refractivity contribution is -0.143. The number of aliphatic hydroxyl groups is 1. The third kappa shape index (κ3) is 11.7. The Bertz CT molecular complexity index is 636. The summed E-state index contributed by atoms with van der Waals surface area (Å²) in [5.41, 5.74) is 11.5. The Labute approximate surface area is 200 Å². The number of carboxylic acid groups (broad SMARTS) is 1. The van der Waals surface area contributed by atoms with Crippen molar-refractivity contribution >= 4 is 35.5 Å². The van der Waals surface area contributed by atoms with E-state index < -0.39 is 54.0 Å². The molecule has 6 unspecified atom stereocenters. The lowest BCUT2D eigenvalue weighted by Crippen LogP contribution is -2.60. The van der Waals surface area contributed by atoms with Crippen LogP contribution in [0.3, 0.4) is 0 Å². The molecule has 0 fully saturated rings. The molecule has 0 saturated carbocycles. The largest absolute Gasteiger partial charge is 0.480 e. The summed E-state index contributed by atoms with van der Waals surface area (Å²) in [6.45, 7) is 5.46. The van der Waals surface area contributed by atoms with Crippen LogP contribution in [0.4, 0.5) is 0 Å². The van der Waals surface area contributed by atoms with Gasteiger partial charge in [0.05, 0.1) is 12.1 Å². The molecule has 11 nitrogen and oxygen atoms in total. The molecular formula is C21H41N5O6S. The maximum Gasteiger partial charge on any atom is 0.326 e. The Morgan fingerprint density at radius 2 is 1.55 bits per heavy atom. The molecule has 12 heteroatoms. The van der Waals surface area contributed by atoms with Gasteiger partial charge < -0.3 is 37.6 Å². The Morgan fingerprint density at radius 1 is 0.939 bits per heavy atom. The molecule has 0 aromatic carbocycles. The van der Waals surface area contributed by atoms with Gasteiger partial charge in [-0.1, -0.05) is 20.3 Å². The van der Waals surface area contributed by atoms with Gasteiger partial charge in [0.2, 0.25) is 17.7 Å². The lowest BCUT2D eigenvalue weighted by atomic mass is 9.98. The molecule has 0 spiro atoms. The van der Waals surface area contributed by atoms with Gasteiger partial charge >= 0.3 is 5.97 Å². The van der Waals surface area contributed by atoms with E-state index in [0.717, 1.165) is 0 Å². The molecule has 0 aromatic heterocycles. The van der Waals surface area contributed by atoms with Gasteiger partial charge in [0.25, 0.3) is 0 Å². The number of nitrogens with two attached hydrogens (primary N) is 2. The van der Waals surface area contributed by atoms with Gasteiger partial charge in [-0.3, -0.25) is 14.4 Å². The van der Waals surface area contributed by atoms with Crippen LogP contribution in [0.1, 0.15) is 52.9 Å². The van der Waals surface area contributed by atoms with Crippen molar-refractivity contribution in [3.8, 4) is 0 Å². The number of unbranched alkanes of at least 4 members (excludes halogenated alkanes) is 1. The first kappa shape index (κ1) is 31.1. The third-order valence-corrected chi connectivity index (χ3v) is 6.07. The highest BCUT2D eigenvalue weighted by Gasteiger charge is 2.32. The molecule has 9 N–H and O–H groups in total. The summed E-state index contributed by atoms with van der Waals surface area (Å²) in [6.07, 6.45) is 2.83. The molecule has 0 saturated heterocycles. The highest BCUT2D eigenvalue weighted by molar-refractivity contribution is 7.98. The lowest BCUT2D eigenvalue weighted by Gasteiger charge is -2.27. The summed E-state index contributed by atoms with van der Waals surface area (Å²) in [5.74, 6) is -2.78. The van der Waals surface area contributed by atoms with Crippen LogP contribution in [0, 0.1) is 5.92 Å². The Balaban J connectivity index is 5.41. The zero-order valence-electron chi connectivity index (χ0n) is 20.0. The summed E-state index contributed by atoms with van der Waals surface area (Å²) in [5, 5.41) is 26.9. The van der Waals surface area contributed by atoms with Gasteiger partial charge in [-0.05, 0) is 57.1 Å². The number of aliphatic carboxylic acids is 1. The highest BCUT2D eigenvalue weighted by atomic mass is 32.2. The maximum atomic E-state index is 12.9. The Hall–Kier alpha value is -1.89. The molecule has 3 amide bonds. The van der Waals surface area contributed by atoms with Crippen LogP contribution in [0.2, 0.25) is 0 Å². The van der Waals surface area contributed by atoms with E-state index in [9.17, 15) is 29.4 Å². The summed E-state index contributed by atoms with van der Waals surface area (Å²) in [7, 11) is 0. The Morgan fingerprint density at radius 3 is 2.03 bits per heavy atom. The minimum Gasteiger partial charge on any atom is -0.480 e. The number of thioether (sulfide) groups is 1. The molecule has 192 valence electrons. The van der Waals surface area contributed by atoms with Crippen LogP contribution in [0.5, 0.6) is 0 Å². The molecule has 0 bridgehead atoms. The van der Waals surface area contributed by atoms with Gasteiger partial charge in [-0.15, -0.1) is 0 Å². The number of aliphatic hydroxyl groups excluding tert-OH is 1. The quantitative estimate of drug-likeness (QED) is 0.127. The van der Waals surface area contributed by atoms with Gasteiger partial charge in [-0.2, -0.15) is 11.8 Å². The number of carboxylic acids is 1. The first-order valence-electron chi connectivity index (χ1n) is 11.3. The van der Waals surface area contributed by atoms with Crippen molar-refractivity contribution in [3.05, 3.63) is 0 Å². The molecule has 33 heavy (non-hydrogen) atoms. The van der Waals surface area contributed by atoms with Gasteiger partial charge in [-0.25, -0.2) is 4.79 Å². The summed E-state index contributed by atoms with van der Waals surface area (Å²) in [4.78, 5) is 49.6. The van der Waals surface area contributed by atoms with E-state index >= 15 is 0 Å². The molecule has 0 aromatic rings. The normalized spacial score (nSPS) is 16.6. The van der Waals surface area contributed by atoms with Crippen molar-refractivity contribution in [3.63, 3.8) is 0 Å². The van der Waals surface area contributed by atoms with Crippen molar-refractivity contribution < 1.29 is 29.4 Å². The maximum absolute atomic E-state index is 12.9. The fraction of sp³-hybridized carbons (Fsp3) is 0.810. The SMILES string of the molecule is CCC(C)C(N)C(=O)NC(CCCCN)C(=O)NC(C(=O)NC(CCSC)C(=O)O)C(C)O. The second kappa shape index (κ2) is 16.7. The Kier molecular flexibility index (Phi) is 15.7. The molecule has 0 aliphatic rings. The zero-order chi connectivity index (χ0) is 25.6. The van der Waals surface area contributed by atoms with E-state index in [4.69, 9.17) is 11.5 Å². The molecule has 0 radical (unpaired) electrons. The van der Waals surface area contributed by atoms with Crippen LogP contribution in [-0.2, 0) is 19.2 Å². The van der Waals surface area contributed by atoms with Gasteiger partial charge in [0.1, 0.15) is 18.1 Å². The number of hydrogen-bond donors (Lipinski definition) is 7. The minimum absolute atomic E-state index is 0.0945. The van der Waals surface area contributed by atoms with Crippen LogP contribution in [-0.4, -0.2) is 82.7 Å². The second-order valence-electron chi connectivity index (χ2n) is 8.16. The molecule has 6 atom stereocenters. The fourth-order valence-electron chi connectivity index (χ4n) is 2.96. The molecule has 0 aliphatic heterocycles. The average Bonchev–Trinajstić information content (AvgIpc) is 2.77. The van der Waals surface area contributed by atoms with E-state index in [1.54, 1.807) is 0 Å². The topological polar surface area (TPSA) is 197 Å². The van der Waals surface area contributed by atoms with Crippen molar-refractivity contribution in [2.45, 2.75) is 83.1 Å². The highest BCUT2D eigenvalue weighted by Crippen LogP contribution is 2.08. The van der Waals surface area contributed by atoms with Crippen molar-refractivity contribution in [2.24, 2.45) is 17.4 Å². The first-order chi connectivity index (χ1) is 15.5. The van der Waals surface area contributed by atoms with Gasteiger partial charge in [0.15, 0.2) is 0 Å². The monoisotopic (exact) mass is 491 g/mol. The second-order valence-corrected chi connectivity index (χ2v) is 9.15. The van der Waals surface area contributed by atoms with E-state index in [-0.39, 0.29) is 18.8 Å². The summed E-state index contributed by atoms with van der Waals surface area (Å²) < 4.78 is 0. The van der Waals surface area contributed by atoms with Crippen LogP contribution in [0.25, 0.3) is 0 Å². The minimum atomic E-state index is -1.40. The van der Waals surface area contributed by atoms with E-state index in [2.05, 4.69) is 16.0 Å². The summed E-state index contributed by atoms with van der Waals surface area (Å²) >= 11 is 1.43. The first-order valence-corrected chi connectivity index (χ1v) is 12.7. The van der Waals surface area contributed by atoms with Gasteiger partial charge in [0, 0.05) is 0 Å². The number of nitrogens with one attached hydrogen (secondary N) is 3.